The molecule has 2 aromatic heterocycles. The third-order valence-corrected chi connectivity index (χ3v) is 3.85. The van der Waals surface area contributed by atoms with Crippen LogP contribution < -0.4 is 0 Å². The monoisotopic (exact) mass is 239 g/mol. The maximum absolute atomic E-state index is 9.85. The second-order valence-electron chi connectivity index (χ2n) is 3.50. The van der Waals surface area contributed by atoms with Gasteiger partial charge in [-0.1, -0.05) is 6.07 Å². The van der Waals surface area contributed by atoms with Gasteiger partial charge in [-0.05, 0) is 18.4 Å². The lowest BCUT2D eigenvalue weighted by Crippen LogP contribution is -2.13. The molecule has 0 aliphatic rings. The first kappa shape index (κ1) is 10.8. The number of aliphatic hydroxyl groups excluding tert-OH is 1. The van der Waals surface area contributed by atoms with E-state index < -0.39 is 0 Å². The van der Waals surface area contributed by atoms with E-state index in [0.717, 1.165) is 17.1 Å². The largest absolute Gasteiger partial charge is 0.392 e. The lowest BCUT2D eigenvalue weighted by Gasteiger charge is -2.06. The van der Waals surface area contributed by atoms with Crippen LogP contribution in [0.25, 0.3) is 0 Å². The van der Waals surface area contributed by atoms with E-state index in [-0.39, 0.29) is 6.10 Å². The second kappa shape index (κ2) is 4.88. The molecule has 0 amide bonds. The highest BCUT2D eigenvalue weighted by Gasteiger charge is 2.09. The van der Waals surface area contributed by atoms with Crippen LogP contribution in [0.15, 0.2) is 22.9 Å². The van der Waals surface area contributed by atoms with Gasteiger partial charge in [0.15, 0.2) is 0 Å². The average Bonchev–Trinajstić information content (AvgIpc) is 2.77. The minimum absolute atomic E-state index is 0.315. The number of nitrogens with zero attached hydrogens (tertiary/aromatic N) is 1. The van der Waals surface area contributed by atoms with Gasteiger partial charge < -0.3 is 5.11 Å². The molecule has 2 aromatic rings. The lowest BCUT2D eigenvalue weighted by atomic mass is 10.1. The van der Waals surface area contributed by atoms with Crippen LogP contribution in [0.2, 0.25) is 0 Å². The summed E-state index contributed by atoms with van der Waals surface area (Å²) in [6, 6.07) is 4.07. The van der Waals surface area contributed by atoms with Crippen molar-refractivity contribution in [2.45, 2.75) is 25.9 Å². The molecule has 0 saturated heterocycles. The molecule has 0 bridgehead atoms. The van der Waals surface area contributed by atoms with E-state index in [1.807, 2.05) is 23.8 Å². The van der Waals surface area contributed by atoms with Gasteiger partial charge in [0, 0.05) is 23.1 Å². The van der Waals surface area contributed by atoms with Crippen molar-refractivity contribution in [1.29, 1.82) is 0 Å². The molecule has 2 nitrogen and oxygen atoms in total. The van der Waals surface area contributed by atoms with E-state index in [0.29, 0.717) is 6.42 Å². The van der Waals surface area contributed by atoms with E-state index in [1.54, 1.807) is 22.7 Å². The molecule has 2 rings (SSSR count). The van der Waals surface area contributed by atoms with Gasteiger partial charge >= 0.3 is 0 Å². The number of aromatic nitrogens is 1. The summed E-state index contributed by atoms with van der Waals surface area (Å²) in [5.74, 6) is 0. The molecule has 0 saturated carbocycles. The fourth-order valence-corrected chi connectivity index (χ4v) is 2.88. The van der Waals surface area contributed by atoms with Crippen LogP contribution in [0.5, 0.6) is 0 Å². The predicted octanol–water partition coefficient (Wildman–Crippen LogP) is 2.66. The Bertz CT molecular complexity index is 408. The normalized spacial score (nSPS) is 12.9. The van der Waals surface area contributed by atoms with Crippen molar-refractivity contribution < 1.29 is 5.11 Å². The number of hydrogen-bond donors (Lipinski definition) is 1. The molecule has 1 unspecified atom stereocenters. The highest BCUT2D eigenvalue weighted by molar-refractivity contribution is 7.10. The van der Waals surface area contributed by atoms with Crippen molar-refractivity contribution in [1.82, 2.24) is 4.98 Å². The van der Waals surface area contributed by atoms with Crippen molar-refractivity contribution in [3.05, 3.63) is 38.5 Å². The first-order valence-electron chi connectivity index (χ1n) is 4.85. The summed E-state index contributed by atoms with van der Waals surface area (Å²) in [5.41, 5.74) is 1.00. The van der Waals surface area contributed by atoms with Gasteiger partial charge in [0.1, 0.15) is 0 Å². The average molecular weight is 239 g/mol. The fraction of sp³-hybridized carbons (Fsp3) is 0.364. The fourth-order valence-electron chi connectivity index (χ4n) is 1.48. The zero-order chi connectivity index (χ0) is 10.7. The van der Waals surface area contributed by atoms with Gasteiger partial charge in [-0.3, -0.25) is 0 Å². The molecule has 0 aliphatic heterocycles. The molecular weight excluding hydrogens is 226 g/mol. The molecule has 4 heteroatoms. The van der Waals surface area contributed by atoms with Crippen LogP contribution in [0.4, 0.5) is 0 Å². The Morgan fingerprint density at radius 3 is 2.87 bits per heavy atom. The Kier molecular flexibility index (Phi) is 3.51. The van der Waals surface area contributed by atoms with Crippen molar-refractivity contribution >= 4 is 22.7 Å². The molecule has 0 fully saturated rings. The Morgan fingerprint density at radius 2 is 2.27 bits per heavy atom. The third-order valence-electron chi connectivity index (χ3n) is 2.13. The summed E-state index contributed by atoms with van der Waals surface area (Å²) in [7, 11) is 0. The van der Waals surface area contributed by atoms with Crippen LogP contribution in [0, 0.1) is 6.92 Å². The number of thiophene rings is 1. The summed E-state index contributed by atoms with van der Waals surface area (Å²) in [6.07, 6.45) is 1.07. The summed E-state index contributed by atoms with van der Waals surface area (Å²) in [4.78, 5) is 5.57. The van der Waals surface area contributed by atoms with Crippen LogP contribution in [0.1, 0.15) is 15.6 Å². The Morgan fingerprint density at radius 1 is 1.40 bits per heavy atom. The zero-order valence-corrected chi connectivity index (χ0v) is 10.1. The van der Waals surface area contributed by atoms with Gasteiger partial charge in [-0.2, -0.15) is 0 Å². The number of rotatable bonds is 4. The minimum atomic E-state index is -0.315. The van der Waals surface area contributed by atoms with Crippen LogP contribution >= 0.6 is 22.7 Å². The summed E-state index contributed by atoms with van der Waals surface area (Å²) >= 11 is 3.32. The van der Waals surface area contributed by atoms with E-state index in [4.69, 9.17) is 0 Å². The standard InChI is InChI=1S/C11H13NOS2/c1-8-12-9(7-15-8)5-10(13)6-11-3-2-4-14-11/h2-4,7,10,13H,5-6H2,1H3. The molecule has 80 valence electrons. The van der Waals surface area contributed by atoms with E-state index in [9.17, 15) is 5.11 Å². The maximum atomic E-state index is 9.85. The summed E-state index contributed by atoms with van der Waals surface area (Å²) in [6.45, 7) is 1.99. The van der Waals surface area contributed by atoms with Crippen LogP contribution in [-0.2, 0) is 12.8 Å². The highest BCUT2D eigenvalue weighted by Crippen LogP contribution is 2.15. The second-order valence-corrected chi connectivity index (χ2v) is 5.59. The molecule has 1 N–H and O–H groups in total. The molecular formula is C11H13NOS2. The number of thiazole rings is 1. The van der Waals surface area contributed by atoms with E-state index >= 15 is 0 Å². The topological polar surface area (TPSA) is 33.1 Å². The van der Waals surface area contributed by atoms with Crippen molar-refractivity contribution in [2.24, 2.45) is 0 Å². The first-order valence-corrected chi connectivity index (χ1v) is 6.61. The van der Waals surface area contributed by atoms with E-state index in [2.05, 4.69) is 11.1 Å². The van der Waals surface area contributed by atoms with Crippen molar-refractivity contribution in [2.75, 3.05) is 0 Å². The Hall–Kier alpha value is -0.710. The van der Waals surface area contributed by atoms with Crippen molar-refractivity contribution in [3.8, 4) is 0 Å². The first-order chi connectivity index (χ1) is 7.24. The SMILES string of the molecule is Cc1nc(CC(O)Cc2cccs2)cs1. The van der Waals surface area contributed by atoms with Crippen molar-refractivity contribution in [3.63, 3.8) is 0 Å². The molecule has 0 aromatic carbocycles. The van der Waals surface area contributed by atoms with Gasteiger partial charge in [0.25, 0.3) is 0 Å². The maximum Gasteiger partial charge on any atom is 0.0897 e. The molecule has 0 radical (unpaired) electrons. The highest BCUT2D eigenvalue weighted by atomic mass is 32.1. The van der Waals surface area contributed by atoms with Gasteiger partial charge in [0.05, 0.1) is 16.8 Å². The zero-order valence-electron chi connectivity index (χ0n) is 8.51. The number of aryl methyl sites for hydroxylation is 1. The molecule has 0 spiro atoms. The third kappa shape index (κ3) is 3.12. The smallest absolute Gasteiger partial charge is 0.0897 e. The number of aliphatic hydroxyl groups is 1. The van der Waals surface area contributed by atoms with Gasteiger partial charge in [-0.15, -0.1) is 22.7 Å². The van der Waals surface area contributed by atoms with Crippen LogP contribution in [0.3, 0.4) is 0 Å². The molecule has 1 atom stereocenters. The minimum Gasteiger partial charge on any atom is -0.392 e. The lowest BCUT2D eigenvalue weighted by molar-refractivity contribution is 0.175. The van der Waals surface area contributed by atoms with Gasteiger partial charge in [-0.25, -0.2) is 4.98 Å². The predicted molar refractivity (Wildman–Crippen MR) is 64.6 cm³/mol. The quantitative estimate of drug-likeness (QED) is 0.890. The van der Waals surface area contributed by atoms with Crippen LogP contribution in [-0.4, -0.2) is 16.2 Å². The molecule has 15 heavy (non-hydrogen) atoms. The number of hydrogen-bond acceptors (Lipinski definition) is 4. The summed E-state index contributed by atoms with van der Waals surface area (Å²) in [5, 5.41) is 15.0. The Labute approximate surface area is 97.2 Å². The Balaban J connectivity index is 1.90. The molecule has 0 aliphatic carbocycles. The van der Waals surface area contributed by atoms with Gasteiger partial charge in [0.2, 0.25) is 0 Å². The van der Waals surface area contributed by atoms with E-state index in [1.165, 1.54) is 4.88 Å². The molecule has 2 heterocycles. The summed E-state index contributed by atoms with van der Waals surface area (Å²) < 4.78 is 0.